The first kappa shape index (κ1) is 17.7. The van der Waals surface area contributed by atoms with Crippen molar-refractivity contribution >= 4 is 23.5 Å². The molecule has 1 aliphatic heterocycles. The summed E-state index contributed by atoms with van der Waals surface area (Å²) >= 11 is 1.59. The molecule has 2 N–H and O–H groups in total. The summed E-state index contributed by atoms with van der Waals surface area (Å²) in [5, 5.41) is 10.1. The predicted octanol–water partition coefficient (Wildman–Crippen LogP) is 4.38. The lowest BCUT2D eigenvalue weighted by Gasteiger charge is -2.19. The molecule has 3 aromatic rings. The average Bonchev–Trinajstić information content (AvgIpc) is 2.93. The monoisotopic (exact) mass is 379 g/mol. The lowest BCUT2D eigenvalue weighted by Crippen LogP contribution is -2.12. The summed E-state index contributed by atoms with van der Waals surface area (Å²) in [6.07, 6.45) is 0. The lowest BCUT2D eigenvalue weighted by atomic mass is 10.0. The van der Waals surface area contributed by atoms with E-state index in [1.54, 1.807) is 11.8 Å². The summed E-state index contributed by atoms with van der Waals surface area (Å²) in [5.41, 5.74) is 5.38. The number of aromatic nitrogens is 2. The van der Waals surface area contributed by atoms with Crippen LogP contribution >= 0.6 is 11.8 Å². The maximum atomic E-state index is 12.0. The molecule has 0 saturated heterocycles. The smallest absolute Gasteiger partial charge is 0.235 e. The molecule has 0 fully saturated rings. The van der Waals surface area contributed by atoms with Gasteiger partial charge in [-0.25, -0.2) is 0 Å². The number of H-pyrrole nitrogens is 1. The van der Waals surface area contributed by atoms with E-state index in [4.69, 9.17) is 4.74 Å². The van der Waals surface area contributed by atoms with Crippen LogP contribution in [0.2, 0.25) is 0 Å². The van der Waals surface area contributed by atoms with Gasteiger partial charge in [0, 0.05) is 16.8 Å². The van der Waals surface area contributed by atoms with Gasteiger partial charge in [-0.05, 0) is 25.5 Å². The van der Waals surface area contributed by atoms with Gasteiger partial charge in [0.1, 0.15) is 12.4 Å². The normalized spacial score (nSPS) is 16.4. The van der Waals surface area contributed by atoms with Gasteiger partial charge in [-0.15, -0.1) is 11.8 Å². The topological polar surface area (TPSA) is 67.0 Å². The van der Waals surface area contributed by atoms with E-state index in [2.05, 4.69) is 52.8 Å². The number of ether oxygens (including phenoxy) is 1. The van der Waals surface area contributed by atoms with Crippen LogP contribution in [0.4, 0.5) is 5.82 Å². The zero-order chi connectivity index (χ0) is 18.8. The predicted molar refractivity (Wildman–Crippen MR) is 108 cm³/mol. The summed E-state index contributed by atoms with van der Waals surface area (Å²) in [7, 11) is 0. The number of aryl methyl sites for hydroxylation is 2. The molecule has 1 amide bonds. The molecule has 138 valence electrons. The fourth-order valence-corrected chi connectivity index (χ4v) is 4.40. The summed E-state index contributed by atoms with van der Waals surface area (Å²) < 4.78 is 6.17. The summed E-state index contributed by atoms with van der Waals surface area (Å²) in [4.78, 5) is 12.0. The highest BCUT2D eigenvalue weighted by molar-refractivity contribution is 8.00. The van der Waals surface area contributed by atoms with Crippen LogP contribution in [0.1, 0.15) is 33.2 Å². The van der Waals surface area contributed by atoms with Crippen LogP contribution in [-0.4, -0.2) is 21.9 Å². The fraction of sp³-hybridized carbons (Fsp3) is 0.238. The van der Waals surface area contributed by atoms with Gasteiger partial charge in [-0.2, -0.15) is 5.10 Å². The van der Waals surface area contributed by atoms with Crippen molar-refractivity contribution < 1.29 is 9.53 Å². The minimum atomic E-state index is -0.0340. The van der Waals surface area contributed by atoms with E-state index >= 15 is 0 Å². The largest absolute Gasteiger partial charge is 0.489 e. The number of thioether (sulfide) groups is 1. The third-order valence-corrected chi connectivity index (χ3v) is 5.86. The van der Waals surface area contributed by atoms with Crippen molar-refractivity contribution in [1.29, 1.82) is 0 Å². The Bertz CT molecular complexity index is 966. The molecule has 0 bridgehead atoms. The highest BCUT2D eigenvalue weighted by Crippen LogP contribution is 2.45. The van der Waals surface area contributed by atoms with Crippen LogP contribution in [0.25, 0.3) is 0 Å². The molecule has 0 saturated carbocycles. The zero-order valence-electron chi connectivity index (χ0n) is 15.3. The third-order valence-electron chi connectivity index (χ3n) is 4.61. The Labute approximate surface area is 162 Å². The molecule has 5 nitrogen and oxygen atoms in total. The van der Waals surface area contributed by atoms with Crippen molar-refractivity contribution in [3.63, 3.8) is 0 Å². The number of para-hydroxylation sites is 1. The van der Waals surface area contributed by atoms with Crippen molar-refractivity contribution in [2.24, 2.45) is 0 Å². The molecule has 27 heavy (non-hydrogen) atoms. The Kier molecular flexibility index (Phi) is 4.90. The van der Waals surface area contributed by atoms with Gasteiger partial charge in [0.15, 0.2) is 5.82 Å². The second-order valence-corrected chi connectivity index (χ2v) is 7.76. The van der Waals surface area contributed by atoms with Crippen molar-refractivity contribution in [1.82, 2.24) is 10.2 Å². The molecule has 1 aromatic heterocycles. The quantitative estimate of drug-likeness (QED) is 0.706. The molecular weight excluding hydrogens is 358 g/mol. The molecule has 0 aliphatic carbocycles. The van der Waals surface area contributed by atoms with Gasteiger partial charge in [-0.1, -0.05) is 48.0 Å². The Morgan fingerprint density at radius 3 is 2.74 bits per heavy atom. The number of benzene rings is 2. The molecule has 0 spiro atoms. The third kappa shape index (κ3) is 3.71. The number of hydrogen-bond acceptors (Lipinski definition) is 4. The van der Waals surface area contributed by atoms with Crippen LogP contribution in [0.5, 0.6) is 5.75 Å². The van der Waals surface area contributed by atoms with Crippen LogP contribution in [0.3, 0.4) is 0 Å². The minimum Gasteiger partial charge on any atom is -0.489 e. The van der Waals surface area contributed by atoms with Gasteiger partial charge in [-0.3, -0.25) is 9.89 Å². The molecule has 1 atom stereocenters. The Morgan fingerprint density at radius 1 is 1.15 bits per heavy atom. The molecular formula is C21H21N3O2S. The van der Waals surface area contributed by atoms with E-state index in [9.17, 15) is 4.79 Å². The molecule has 0 unspecified atom stereocenters. The van der Waals surface area contributed by atoms with Gasteiger partial charge in [0.25, 0.3) is 0 Å². The molecule has 2 aromatic carbocycles. The molecule has 1 aliphatic rings. The maximum Gasteiger partial charge on any atom is 0.235 e. The van der Waals surface area contributed by atoms with Crippen molar-refractivity contribution in [3.8, 4) is 5.75 Å². The van der Waals surface area contributed by atoms with Crippen molar-refractivity contribution in [2.45, 2.75) is 25.7 Å². The second-order valence-electron chi connectivity index (χ2n) is 6.66. The van der Waals surface area contributed by atoms with E-state index < -0.39 is 0 Å². The number of aromatic amines is 1. The van der Waals surface area contributed by atoms with E-state index in [1.165, 1.54) is 5.56 Å². The first-order valence-corrected chi connectivity index (χ1v) is 9.90. The number of carbonyl (C=O) groups excluding carboxylic acids is 1. The van der Waals surface area contributed by atoms with Gasteiger partial charge in [0.05, 0.1) is 11.0 Å². The van der Waals surface area contributed by atoms with Crippen LogP contribution in [-0.2, 0) is 11.4 Å². The Hall–Kier alpha value is -2.73. The standard InChI is InChI=1S/C21H21N3O2S/c1-13-7-9-15(10-8-13)11-26-17-6-4-3-5-16(17)20-19-14(2)23-24-21(19)22-18(25)12-27-20/h3-10,20H,11-12H2,1-2H3,(H2,22,23,24,25)/t20-/m1/s1. The van der Waals surface area contributed by atoms with E-state index in [0.717, 1.165) is 28.1 Å². The van der Waals surface area contributed by atoms with Gasteiger partial charge < -0.3 is 10.1 Å². The van der Waals surface area contributed by atoms with E-state index in [0.29, 0.717) is 18.2 Å². The highest BCUT2D eigenvalue weighted by Gasteiger charge is 2.29. The number of nitrogens with one attached hydrogen (secondary N) is 2. The average molecular weight is 379 g/mol. The molecule has 2 heterocycles. The first-order chi connectivity index (χ1) is 13.1. The number of amides is 1. The zero-order valence-corrected chi connectivity index (χ0v) is 16.1. The number of fused-ring (bicyclic) bond motifs is 1. The summed E-state index contributed by atoms with van der Waals surface area (Å²) in [6.45, 7) is 4.55. The van der Waals surface area contributed by atoms with Gasteiger partial charge in [0.2, 0.25) is 5.91 Å². The Balaban J connectivity index is 1.65. The highest BCUT2D eigenvalue weighted by atomic mass is 32.2. The van der Waals surface area contributed by atoms with Crippen LogP contribution in [0.15, 0.2) is 48.5 Å². The SMILES string of the molecule is Cc1ccc(COc2ccccc2[C@H]2SCC(=O)Nc3n[nH]c(C)c32)cc1. The van der Waals surface area contributed by atoms with Crippen LogP contribution < -0.4 is 10.1 Å². The minimum absolute atomic E-state index is 0.0214. The number of nitrogens with zero attached hydrogens (tertiary/aromatic N) is 1. The number of anilines is 1. The van der Waals surface area contributed by atoms with Crippen molar-refractivity contribution in [2.75, 3.05) is 11.1 Å². The van der Waals surface area contributed by atoms with E-state index in [-0.39, 0.29) is 11.2 Å². The second kappa shape index (κ2) is 7.48. The Morgan fingerprint density at radius 2 is 1.93 bits per heavy atom. The number of rotatable bonds is 4. The first-order valence-electron chi connectivity index (χ1n) is 8.85. The number of hydrogen-bond donors (Lipinski definition) is 2. The van der Waals surface area contributed by atoms with E-state index in [1.807, 2.05) is 25.1 Å². The fourth-order valence-electron chi connectivity index (χ4n) is 3.18. The molecule has 4 rings (SSSR count). The lowest BCUT2D eigenvalue weighted by molar-refractivity contribution is -0.113. The molecule has 6 heteroatoms. The van der Waals surface area contributed by atoms with Crippen molar-refractivity contribution in [3.05, 3.63) is 76.5 Å². The maximum absolute atomic E-state index is 12.0. The molecule has 0 radical (unpaired) electrons. The van der Waals surface area contributed by atoms with Gasteiger partial charge >= 0.3 is 0 Å². The summed E-state index contributed by atoms with van der Waals surface area (Å²) in [6, 6.07) is 16.4. The van der Waals surface area contributed by atoms with Crippen LogP contribution in [0, 0.1) is 13.8 Å². The summed E-state index contributed by atoms with van der Waals surface area (Å²) in [5.74, 6) is 1.79. The number of carbonyl (C=O) groups is 1.